The largest absolute Gasteiger partial charge is 0.417 e. The summed E-state index contributed by atoms with van der Waals surface area (Å²) >= 11 is 0. The van der Waals surface area contributed by atoms with Crippen molar-refractivity contribution in [2.45, 2.75) is 55.7 Å². The second-order valence-electron chi connectivity index (χ2n) is 9.60. The van der Waals surface area contributed by atoms with Gasteiger partial charge in [-0.3, -0.25) is 14.5 Å². The highest BCUT2D eigenvalue weighted by Crippen LogP contribution is 2.71. The fourth-order valence-electron chi connectivity index (χ4n) is 6.46. The Balaban J connectivity index is 1.68. The van der Waals surface area contributed by atoms with Crippen molar-refractivity contribution in [3.05, 3.63) is 29.3 Å². The molecule has 1 aromatic rings. The van der Waals surface area contributed by atoms with Crippen molar-refractivity contribution >= 4 is 17.5 Å². The smallest absolute Gasteiger partial charge is 0.390 e. The van der Waals surface area contributed by atoms with Crippen molar-refractivity contribution in [2.24, 2.45) is 11.3 Å². The zero-order valence-electron chi connectivity index (χ0n) is 18.5. The SMILES string of the molecule is C[C@@]12O[C@]3(CCO[C@@H]4[C@H]3[C@@]1(C(=O)NCC(F)(F)F)C(=O)N4c1ccc(C#N)c(C(F)(F)F)c1)C[C@@H]2O. The lowest BCUT2D eigenvalue weighted by molar-refractivity contribution is -0.166. The molecule has 0 aromatic heterocycles. The van der Waals surface area contributed by atoms with Gasteiger partial charge in [-0.05, 0) is 25.1 Å². The van der Waals surface area contributed by atoms with Gasteiger partial charge in [0.05, 0.1) is 41.4 Å². The van der Waals surface area contributed by atoms with Crippen LogP contribution in [0.3, 0.4) is 0 Å². The molecule has 2 N–H and O–H groups in total. The molecule has 0 unspecified atom stereocenters. The first-order valence-corrected chi connectivity index (χ1v) is 10.9. The van der Waals surface area contributed by atoms with Gasteiger partial charge in [-0.25, -0.2) is 0 Å². The Hall–Kier alpha value is -2.89. The third-order valence-electron chi connectivity index (χ3n) is 7.83. The summed E-state index contributed by atoms with van der Waals surface area (Å²) in [6.07, 6.45) is -12.5. The van der Waals surface area contributed by atoms with Gasteiger partial charge in [0.15, 0.2) is 5.41 Å². The summed E-state index contributed by atoms with van der Waals surface area (Å²) in [5.74, 6) is -3.72. The molecule has 4 heterocycles. The molecule has 0 aliphatic carbocycles. The molecule has 2 bridgehead atoms. The fourth-order valence-corrected chi connectivity index (χ4v) is 6.46. The quantitative estimate of drug-likeness (QED) is 0.468. The van der Waals surface area contributed by atoms with E-state index in [1.165, 1.54) is 13.0 Å². The van der Waals surface area contributed by atoms with Crippen LogP contribution in [0, 0.1) is 22.7 Å². The molecule has 8 nitrogen and oxygen atoms in total. The molecular weight excluding hydrogens is 500 g/mol. The van der Waals surface area contributed by atoms with E-state index in [1.54, 1.807) is 5.32 Å². The van der Waals surface area contributed by atoms with Crippen molar-refractivity contribution < 1.29 is 50.5 Å². The van der Waals surface area contributed by atoms with Gasteiger partial charge in [0.1, 0.15) is 18.4 Å². The zero-order chi connectivity index (χ0) is 26.5. The van der Waals surface area contributed by atoms with Gasteiger partial charge < -0.3 is 19.9 Å². The molecule has 4 fully saturated rings. The number of rotatable bonds is 3. The van der Waals surface area contributed by atoms with Crippen LogP contribution in [0.25, 0.3) is 0 Å². The number of aliphatic hydroxyl groups excluding tert-OH is 1. The second kappa shape index (κ2) is 7.33. The highest BCUT2D eigenvalue weighted by molar-refractivity contribution is 6.16. The number of nitrogens with one attached hydrogen (secondary N) is 1. The van der Waals surface area contributed by atoms with E-state index in [4.69, 9.17) is 14.7 Å². The van der Waals surface area contributed by atoms with Crippen LogP contribution in [0.5, 0.6) is 0 Å². The van der Waals surface area contributed by atoms with Crippen molar-refractivity contribution in [1.29, 1.82) is 5.26 Å². The van der Waals surface area contributed by atoms with Crippen LogP contribution in [-0.2, 0) is 25.2 Å². The van der Waals surface area contributed by atoms with E-state index < -0.39 is 76.7 Å². The zero-order valence-corrected chi connectivity index (χ0v) is 18.5. The number of hydrogen-bond donors (Lipinski definition) is 2. The molecule has 194 valence electrons. The predicted octanol–water partition coefficient (Wildman–Crippen LogP) is 2.24. The van der Waals surface area contributed by atoms with Crippen molar-refractivity contribution in [3.8, 4) is 6.07 Å². The molecule has 14 heteroatoms. The number of anilines is 1. The van der Waals surface area contributed by atoms with E-state index in [9.17, 15) is 41.0 Å². The van der Waals surface area contributed by atoms with Gasteiger partial charge in [0, 0.05) is 18.5 Å². The minimum absolute atomic E-state index is 0.0371. The molecule has 36 heavy (non-hydrogen) atoms. The van der Waals surface area contributed by atoms with Crippen LogP contribution in [0.2, 0.25) is 0 Å². The van der Waals surface area contributed by atoms with E-state index in [1.807, 2.05) is 0 Å². The van der Waals surface area contributed by atoms with Gasteiger partial charge in [0.25, 0.3) is 0 Å². The first-order valence-electron chi connectivity index (χ1n) is 10.9. The number of nitriles is 1. The Labute approximate surface area is 199 Å². The first-order chi connectivity index (χ1) is 16.6. The maximum Gasteiger partial charge on any atom is 0.417 e. The predicted molar refractivity (Wildman–Crippen MR) is 106 cm³/mol. The molecule has 0 radical (unpaired) electrons. The minimum Gasteiger partial charge on any atom is -0.390 e. The number of aliphatic hydroxyl groups is 1. The summed E-state index contributed by atoms with van der Waals surface area (Å²) in [7, 11) is 0. The van der Waals surface area contributed by atoms with E-state index in [0.29, 0.717) is 6.07 Å². The number of nitrogens with zero attached hydrogens (tertiary/aromatic N) is 2. The lowest BCUT2D eigenvalue weighted by Gasteiger charge is -2.45. The summed E-state index contributed by atoms with van der Waals surface area (Å²) < 4.78 is 91.6. The Morgan fingerprint density at radius 3 is 2.61 bits per heavy atom. The molecule has 4 aliphatic heterocycles. The number of halogens is 6. The highest BCUT2D eigenvalue weighted by atomic mass is 19.4. The van der Waals surface area contributed by atoms with Crippen LogP contribution in [0.1, 0.15) is 30.9 Å². The molecule has 2 amide bonds. The van der Waals surface area contributed by atoms with E-state index >= 15 is 0 Å². The number of alkyl halides is 6. The molecule has 1 spiro atoms. The molecule has 1 aromatic carbocycles. The Bertz CT molecular complexity index is 1200. The van der Waals surface area contributed by atoms with E-state index in [0.717, 1.165) is 17.0 Å². The van der Waals surface area contributed by atoms with Gasteiger partial charge in [-0.1, -0.05) is 0 Å². The van der Waals surface area contributed by atoms with E-state index in [-0.39, 0.29) is 25.1 Å². The number of carbonyl (C=O) groups is 2. The van der Waals surface area contributed by atoms with Crippen molar-refractivity contribution in [1.82, 2.24) is 5.32 Å². The molecular formula is C22H19F6N3O5. The van der Waals surface area contributed by atoms with Crippen molar-refractivity contribution in [3.63, 3.8) is 0 Å². The van der Waals surface area contributed by atoms with Crippen LogP contribution < -0.4 is 10.2 Å². The minimum atomic E-state index is -4.96. The average Bonchev–Trinajstić information content (AvgIpc) is 3.30. The molecule has 4 aliphatic rings. The maximum atomic E-state index is 14.0. The van der Waals surface area contributed by atoms with E-state index in [2.05, 4.69) is 0 Å². The molecule has 4 saturated heterocycles. The van der Waals surface area contributed by atoms with Crippen molar-refractivity contribution in [2.75, 3.05) is 18.1 Å². The topological polar surface area (TPSA) is 112 Å². The summed E-state index contributed by atoms with van der Waals surface area (Å²) in [5.41, 5.74) is -8.10. The normalized spacial score (nSPS) is 37.1. The third kappa shape index (κ3) is 2.99. The van der Waals surface area contributed by atoms with Crippen LogP contribution in [0.15, 0.2) is 18.2 Å². The number of benzene rings is 1. The lowest BCUT2D eigenvalue weighted by Crippen LogP contribution is -2.66. The second-order valence-corrected chi connectivity index (χ2v) is 9.60. The van der Waals surface area contributed by atoms with Gasteiger partial charge in [0.2, 0.25) is 11.8 Å². The summed E-state index contributed by atoms with van der Waals surface area (Å²) in [6.45, 7) is -0.569. The lowest BCUT2D eigenvalue weighted by atomic mass is 9.55. The van der Waals surface area contributed by atoms with Gasteiger partial charge >= 0.3 is 12.4 Å². The Morgan fingerprint density at radius 2 is 2.00 bits per heavy atom. The molecule has 5 rings (SSSR count). The standard InChI is InChI=1S/C22H19F6N3O5/c1-18-13(32)7-19(36-18)4-5-35-15-14(19)21(18,16(33)30-9-20(23,24)25)17(34)31(15)11-3-2-10(8-29)12(6-11)22(26,27)28/h2-3,6,13-15,32H,4-5,7,9H2,1H3,(H,30,33)/t13-,14+,15+,18-,19+,21+/m0/s1. The highest BCUT2D eigenvalue weighted by Gasteiger charge is 2.88. The molecule has 6 atom stereocenters. The monoisotopic (exact) mass is 519 g/mol. The van der Waals surface area contributed by atoms with Crippen LogP contribution in [-0.4, -0.2) is 59.8 Å². The number of amides is 2. The number of fused-ring (bicyclic) bond motifs is 2. The Morgan fingerprint density at radius 1 is 1.31 bits per heavy atom. The Kier molecular flexibility index (Phi) is 5.05. The average molecular weight is 519 g/mol. The number of hydrogen-bond acceptors (Lipinski definition) is 6. The summed E-state index contributed by atoms with van der Waals surface area (Å²) in [6, 6.07) is 3.92. The third-order valence-corrected chi connectivity index (χ3v) is 7.83. The summed E-state index contributed by atoms with van der Waals surface area (Å²) in [5, 5.41) is 21.7. The first kappa shape index (κ1) is 24.8. The molecule has 0 saturated carbocycles. The van der Waals surface area contributed by atoms with Gasteiger partial charge in [-0.2, -0.15) is 31.6 Å². The summed E-state index contributed by atoms with van der Waals surface area (Å²) in [4.78, 5) is 28.3. The number of ether oxygens (including phenoxy) is 2. The number of carbonyl (C=O) groups excluding carboxylic acids is 2. The maximum absolute atomic E-state index is 14.0. The van der Waals surface area contributed by atoms with Crippen LogP contribution >= 0.6 is 0 Å². The van der Waals surface area contributed by atoms with Gasteiger partial charge in [-0.15, -0.1) is 0 Å². The fraction of sp³-hybridized carbons (Fsp3) is 0.591. The van der Waals surface area contributed by atoms with Crippen LogP contribution in [0.4, 0.5) is 32.0 Å².